The normalized spacial score (nSPS) is 11.1. The van der Waals surface area contributed by atoms with Crippen LogP contribution in [0.4, 0.5) is 0 Å². The third-order valence-corrected chi connectivity index (χ3v) is 3.33. The Morgan fingerprint density at radius 1 is 1.21 bits per heavy atom. The number of aldehydes is 1. The summed E-state index contributed by atoms with van der Waals surface area (Å²) < 4.78 is 7.46. The molecule has 0 bridgehead atoms. The molecule has 0 saturated heterocycles. The Morgan fingerprint density at radius 3 is 2.68 bits per heavy atom. The molecule has 4 heteroatoms. The van der Waals surface area contributed by atoms with Crippen LogP contribution < -0.4 is 0 Å². The van der Waals surface area contributed by atoms with E-state index in [9.17, 15) is 4.79 Å². The number of fused-ring (bicyclic) bond motifs is 1. The van der Waals surface area contributed by atoms with Gasteiger partial charge in [-0.15, -0.1) is 0 Å². The molecule has 0 spiro atoms. The highest BCUT2D eigenvalue weighted by molar-refractivity contribution is 5.81. The van der Waals surface area contributed by atoms with Gasteiger partial charge >= 0.3 is 0 Å². The number of hydrogen-bond acceptors (Lipinski definition) is 3. The molecule has 0 unspecified atom stereocenters. The number of hydrogen-bond donors (Lipinski definition) is 0. The Hall–Kier alpha value is -2.36. The third-order valence-electron chi connectivity index (χ3n) is 3.33. The Balaban J connectivity index is 2.23. The highest BCUT2D eigenvalue weighted by Gasteiger charge is 2.15. The predicted octanol–water partition coefficient (Wildman–Crippen LogP) is 3.33. The maximum atomic E-state index is 10.9. The summed E-state index contributed by atoms with van der Waals surface area (Å²) in [6.45, 7) is 5.74. The average molecular weight is 254 g/mol. The minimum atomic E-state index is 0.398. The van der Waals surface area contributed by atoms with Crippen molar-refractivity contribution in [3.05, 3.63) is 47.3 Å². The number of carbonyl (C=O) groups is 1. The highest BCUT2D eigenvalue weighted by atomic mass is 16.3. The number of aromatic nitrogens is 2. The monoisotopic (exact) mass is 254 g/mol. The van der Waals surface area contributed by atoms with Gasteiger partial charge in [-0.1, -0.05) is 0 Å². The molecule has 0 radical (unpaired) electrons. The van der Waals surface area contributed by atoms with Crippen molar-refractivity contribution in [2.24, 2.45) is 0 Å². The summed E-state index contributed by atoms with van der Waals surface area (Å²) in [6.07, 6.45) is 4.74. The standard InChI is InChI=1S/C15H14N2O2/c1-9-6-17-7-12(4-5-14(17)16-9)15-10(2)13(8-18)19-11(15)3/h4-8H,1-3H3. The first kappa shape index (κ1) is 11.7. The van der Waals surface area contributed by atoms with Crippen molar-refractivity contribution in [3.63, 3.8) is 0 Å². The molecule has 0 amide bonds. The second-order valence-corrected chi connectivity index (χ2v) is 4.71. The fourth-order valence-corrected chi connectivity index (χ4v) is 2.48. The van der Waals surface area contributed by atoms with Crippen molar-refractivity contribution in [1.29, 1.82) is 0 Å². The zero-order valence-corrected chi connectivity index (χ0v) is 11.1. The Kier molecular flexibility index (Phi) is 2.52. The van der Waals surface area contributed by atoms with E-state index in [1.165, 1.54) is 0 Å². The van der Waals surface area contributed by atoms with Gasteiger partial charge in [-0.05, 0) is 32.9 Å². The van der Waals surface area contributed by atoms with Crippen molar-refractivity contribution >= 4 is 11.9 Å². The number of furan rings is 1. The molecule has 0 N–H and O–H groups in total. The molecule has 3 aromatic heterocycles. The van der Waals surface area contributed by atoms with E-state index < -0.39 is 0 Å². The molecule has 0 aliphatic carbocycles. The highest BCUT2D eigenvalue weighted by Crippen LogP contribution is 2.31. The maximum Gasteiger partial charge on any atom is 0.185 e. The number of rotatable bonds is 2. The van der Waals surface area contributed by atoms with Gasteiger partial charge in [-0.2, -0.15) is 0 Å². The largest absolute Gasteiger partial charge is 0.458 e. The molecule has 0 aliphatic heterocycles. The van der Waals surface area contributed by atoms with Crippen LogP contribution in [0.5, 0.6) is 0 Å². The second kappa shape index (κ2) is 4.09. The van der Waals surface area contributed by atoms with Crippen molar-refractivity contribution in [2.75, 3.05) is 0 Å². The van der Waals surface area contributed by atoms with E-state index in [1.54, 1.807) is 0 Å². The maximum absolute atomic E-state index is 10.9. The molecule has 3 rings (SSSR count). The van der Waals surface area contributed by atoms with Gasteiger partial charge in [-0.25, -0.2) is 4.98 Å². The first-order valence-electron chi connectivity index (χ1n) is 6.11. The van der Waals surface area contributed by atoms with Crippen LogP contribution in [-0.2, 0) is 0 Å². The van der Waals surface area contributed by atoms with E-state index >= 15 is 0 Å². The van der Waals surface area contributed by atoms with Gasteiger partial charge < -0.3 is 8.82 Å². The quantitative estimate of drug-likeness (QED) is 0.659. The van der Waals surface area contributed by atoms with Crippen LogP contribution in [0, 0.1) is 20.8 Å². The zero-order valence-electron chi connectivity index (χ0n) is 11.1. The van der Waals surface area contributed by atoms with Gasteiger partial charge in [0.15, 0.2) is 12.0 Å². The number of carbonyl (C=O) groups excluding carboxylic acids is 1. The lowest BCUT2D eigenvalue weighted by atomic mass is 10.0. The van der Waals surface area contributed by atoms with Crippen LogP contribution in [-0.4, -0.2) is 15.7 Å². The minimum absolute atomic E-state index is 0.398. The molecule has 4 nitrogen and oxygen atoms in total. The SMILES string of the molecule is Cc1cn2cc(-c3c(C)oc(C=O)c3C)ccc2n1. The minimum Gasteiger partial charge on any atom is -0.458 e. The molecule has 0 aliphatic rings. The number of imidazole rings is 1. The van der Waals surface area contributed by atoms with E-state index in [4.69, 9.17) is 4.42 Å². The number of nitrogens with zero attached hydrogens (tertiary/aromatic N) is 2. The van der Waals surface area contributed by atoms with Crippen LogP contribution in [0.1, 0.15) is 27.6 Å². The summed E-state index contributed by atoms with van der Waals surface area (Å²) in [5, 5.41) is 0. The van der Waals surface area contributed by atoms with E-state index in [0.717, 1.165) is 40.1 Å². The van der Waals surface area contributed by atoms with Crippen molar-refractivity contribution in [2.45, 2.75) is 20.8 Å². The molecule has 19 heavy (non-hydrogen) atoms. The summed E-state index contributed by atoms with van der Waals surface area (Å²) in [5.74, 6) is 1.16. The van der Waals surface area contributed by atoms with Gasteiger partial charge in [0, 0.05) is 29.1 Å². The van der Waals surface area contributed by atoms with E-state index in [-0.39, 0.29) is 0 Å². The summed E-state index contributed by atoms with van der Waals surface area (Å²) >= 11 is 0. The molecule has 3 aromatic rings. The topological polar surface area (TPSA) is 47.5 Å². The van der Waals surface area contributed by atoms with E-state index in [2.05, 4.69) is 4.98 Å². The van der Waals surface area contributed by atoms with Gasteiger partial charge in [0.05, 0.1) is 5.69 Å². The summed E-state index contributed by atoms with van der Waals surface area (Å²) in [4.78, 5) is 15.3. The van der Waals surface area contributed by atoms with Crippen LogP contribution >= 0.6 is 0 Å². The lowest BCUT2D eigenvalue weighted by Gasteiger charge is -2.02. The lowest BCUT2D eigenvalue weighted by Crippen LogP contribution is -1.88. The molecule has 0 aromatic carbocycles. The number of aryl methyl sites for hydroxylation is 2. The Bertz CT molecular complexity index is 781. The fourth-order valence-electron chi connectivity index (χ4n) is 2.48. The van der Waals surface area contributed by atoms with Crippen molar-refractivity contribution in [3.8, 4) is 11.1 Å². The van der Waals surface area contributed by atoms with Gasteiger partial charge in [-0.3, -0.25) is 4.79 Å². The molecular formula is C15H14N2O2. The average Bonchev–Trinajstić information content (AvgIpc) is 2.87. The van der Waals surface area contributed by atoms with Crippen LogP contribution in [0.3, 0.4) is 0 Å². The molecule has 3 heterocycles. The van der Waals surface area contributed by atoms with Crippen molar-refractivity contribution < 1.29 is 9.21 Å². The summed E-state index contributed by atoms with van der Waals surface area (Å²) in [6, 6.07) is 3.97. The smallest absolute Gasteiger partial charge is 0.185 e. The fraction of sp³-hybridized carbons (Fsp3) is 0.200. The van der Waals surface area contributed by atoms with Crippen LogP contribution in [0.25, 0.3) is 16.8 Å². The lowest BCUT2D eigenvalue weighted by molar-refractivity contribution is 0.109. The summed E-state index contributed by atoms with van der Waals surface area (Å²) in [7, 11) is 0. The molecular weight excluding hydrogens is 240 g/mol. The number of pyridine rings is 1. The van der Waals surface area contributed by atoms with Gasteiger partial charge in [0.1, 0.15) is 11.4 Å². The third kappa shape index (κ3) is 1.76. The molecule has 0 atom stereocenters. The Labute approximate surface area is 110 Å². The second-order valence-electron chi connectivity index (χ2n) is 4.71. The zero-order chi connectivity index (χ0) is 13.6. The molecule has 96 valence electrons. The van der Waals surface area contributed by atoms with Crippen LogP contribution in [0.15, 0.2) is 28.9 Å². The molecule has 0 fully saturated rings. The van der Waals surface area contributed by atoms with Crippen molar-refractivity contribution in [1.82, 2.24) is 9.38 Å². The van der Waals surface area contributed by atoms with Gasteiger partial charge in [0.25, 0.3) is 0 Å². The molecule has 0 saturated carbocycles. The first-order chi connectivity index (χ1) is 9.10. The summed E-state index contributed by atoms with van der Waals surface area (Å²) in [5.41, 5.74) is 4.78. The van der Waals surface area contributed by atoms with E-state index in [0.29, 0.717) is 5.76 Å². The first-order valence-corrected chi connectivity index (χ1v) is 6.11. The predicted molar refractivity (Wildman–Crippen MR) is 72.5 cm³/mol. The Morgan fingerprint density at radius 2 is 2.00 bits per heavy atom. The van der Waals surface area contributed by atoms with E-state index in [1.807, 2.05) is 49.7 Å². The van der Waals surface area contributed by atoms with Crippen LogP contribution in [0.2, 0.25) is 0 Å². The van der Waals surface area contributed by atoms with Gasteiger partial charge in [0.2, 0.25) is 0 Å².